The molecule has 0 aromatic heterocycles. The van der Waals surface area contributed by atoms with Crippen molar-refractivity contribution in [1.82, 2.24) is 0 Å². The van der Waals surface area contributed by atoms with Crippen molar-refractivity contribution >= 4 is 33.3 Å². The van der Waals surface area contributed by atoms with Gasteiger partial charge in [-0.2, -0.15) is 0 Å². The fraction of sp³-hybridized carbons (Fsp3) is 0.259. The number of para-hydroxylation sites is 1. The van der Waals surface area contributed by atoms with Crippen molar-refractivity contribution in [3.05, 3.63) is 89.0 Å². The van der Waals surface area contributed by atoms with Crippen molar-refractivity contribution in [3.63, 3.8) is 0 Å². The van der Waals surface area contributed by atoms with Crippen LogP contribution in [0.15, 0.2) is 71.6 Å². The van der Waals surface area contributed by atoms with Crippen molar-refractivity contribution < 1.29 is 22.7 Å². The quantitative estimate of drug-likeness (QED) is 0.428. The summed E-state index contributed by atoms with van der Waals surface area (Å²) in [7, 11) is -4.03. The van der Waals surface area contributed by atoms with E-state index in [0.29, 0.717) is 28.9 Å². The van der Waals surface area contributed by atoms with E-state index in [0.717, 1.165) is 15.4 Å². The maximum atomic E-state index is 13.7. The van der Waals surface area contributed by atoms with Crippen LogP contribution in [0.5, 0.6) is 0 Å². The maximum absolute atomic E-state index is 13.7. The minimum absolute atomic E-state index is 0.0993. The number of aryl methyl sites for hydroxylation is 2. The van der Waals surface area contributed by atoms with Crippen LogP contribution in [0.1, 0.15) is 40.9 Å². The fourth-order valence-corrected chi connectivity index (χ4v) is 5.17. The predicted molar refractivity (Wildman–Crippen MR) is 137 cm³/mol. The molecule has 0 saturated heterocycles. The molecular weight excluding hydrogens is 464 g/mol. The van der Waals surface area contributed by atoms with Crippen LogP contribution >= 0.6 is 0 Å². The highest BCUT2D eigenvalue weighted by Gasteiger charge is 2.29. The number of sulfonamides is 1. The molecule has 8 heteroatoms. The topological polar surface area (TPSA) is 92.8 Å². The van der Waals surface area contributed by atoms with E-state index in [-0.39, 0.29) is 11.5 Å². The summed E-state index contributed by atoms with van der Waals surface area (Å²) in [6.45, 7) is 7.03. The second-order valence-electron chi connectivity index (χ2n) is 8.05. The normalized spacial score (nSPS) is 11.1. The molecular formula is C27H30N2O5S. The summed E-state index contributed by atoms with van der Waals surface area (Å²) in [5, 5.41) is 2.77. The monoisotopic (exact) mass is 494 g/mol. The highest BCUT2D eigenvalue weighted by atomic mass is 32.2. The molecule has 0 aliphatic heterocycles. The number of amides is 1. The summed E-state index contributed by atoms with van der Waals surface area (Å²) in [5.74, 6) is -1.02. The smallest absolute Gasteiger partial charge is 0.338 e. The van der Waals surface area contributed by atoms with Crippen LogP contribution in [-0.2, 0) is 26.0 Å². The Kier molecular flexibility index (Phi) is 8.30. The molecule has 0 bridgehead atoms. The number of esters is 1. The molecule has 0 saturated carbocycles. The van der Waals surface area contributed by atoms with E-state index >= 15 is 0 Å². The van der Waals surface area contributed by atoms with Gasteiger partial charge in [0.25, 0.3) is 10.0 Å². The van der Waals surface area contributed by atoms with E-state index in [1.165, 1.54) is 12.1 Å². The summed E-state index contributed by atoms with van der Waals surface area (Å²) in [6.07, 6.45) is 0.596. The number of anilines is 2. The first-order valence-electron chi connectivity index (χ1n) is 11.4. The number of ether oxygens (including phenoxy) is 1. The summed E-state index contributed by atoms with van der Waals surface area (Å²) in [4.78, 5) is 25.5. The Morgan fingerprint density at radius 1 is 0.914 bits per heavy atom. The first kappa shape index (κ1) is 26.0. The second kappa shape index (κ2) is 11.2. The molecule has 184 valence electrons. The van der Waals surface area contributed by atoms with E-state index < -0.39 is 28.4 Å². The van der Waals surface area contributed by atoms with Gasteiger partial charge in [0.1, 0.15) is 6.54 Å². The van der Waals surface area contributed by atoms with Crippen molar-refractivity contribution in [2.24, 2.45) is 0 Å². The zero-order valence-corrected chi connectivity index (χ0v) is 21.2. The van der Waals surface area contributed by atoms with Gasteiger partial charge < -0.3 is 10.1 Å². The number of nitrogens with zero attached hydrogens (tertiary/aromatic N) is 1. The zero-order chi connectivity index (χ0) is 25.6. The lowest BCUT2D eigenvalue weighted by Crippen LogP contribution is -2.38. The number of carbonyl (C=O) groups excluding carboxylic acids is 2. The minimum atomic E-state index is -4.03. The summed E-state index contributed by atoms with van der Waals surface area (Å²) in [5.41, 5.74) is 3.47. The number of rotatable bonds is 9. The predicted octanol–water partition coefficient (Wildman–Crippen LogP) is 4.88. The molecule has 3 aromatic rings. The van der Waals surface area contributed by atoms with Gasteiger partial charge >= 0.3 is 5.97 Å². The molecule has 0 spiro atoms. The molecule has 0 unspecified atom stereocenters. The van der Waals surface area contributed by atoms with Gasteiger partial charge in [-0.25, -0.2) is 13.2 Å². The van der Waals surface area contributed by atoms with Crippen LogP contribution in [0.25, 0.3) is 0 Å². The summed E-state index contributed by atoms with van der Waals surface area (Å²) in [6, 6.07) is 18.6. The Balaban J connectivity index is 1.97. The SMILES string of the molecule is CCOC(=O)c1cccc(NC(=O)CN(c2ccccc2CC)S(=O)(=O)c2ccc(C)cc2)c1C. The zero-order valence-electron chi connectivity index (χ0n) is 20.4. The number of nitrogens with one attached hydrogen (secondary N) is 1. The molecule has 3 rings (SSSR count). The Hall–Kier alpha value is -3.65. The molecule has 3 aromatic carbocycles. The van der Waals surface area contributed by atoms with Gasteiger partial charge in [0.15, 0.2) is 0 Å². The number of hydrogen-bond donors (Lipinski definition) is 1. The van der Waals surface area contributed by atoms with E-state index in [1.807, 2.05) is 26.0 Å². The van der Waals surface area contributed by atoms with Crippen LogP contribution in [0.4, 0.5) is 11.4 Å². The first-order valence-corrected chi connectivity index (χ1v) is 12.9. The third-order valence-electron chi connectivity index (χ3n) is 5.64. The van der Waals surface area contributed by atoms with Crippen LogP contribution in [0.2, 0.25) is 0 Å². The fourth-order valence-electron chi connectivity index (χ4n) is 3.71. The lowest BCUT2D eigenvalue weighted by molar-refractivity contribution is -0.114. The van der Waals surface area contributed by atoms with Gasteiger partial charge in [0.2, 0.25) is 5.91 Å². The number of carbonyl (C=O) groups is 2. The highest BCUT2D eigenvalue weighted by Crippen LogP contribution is 2.28. The Morgan fingerprint density at radius 3 is 2.26 bits per heavy atom. The van der Waals surface area contributed by atoms with Gasteiger partial charge in [-0.1, -0.05) is 48.9 Å². The Bertz CT molecular complexity index is 1320. The molecule has 0 aliphatic carbocycles. The molecule has 0 heterocycles. The van der Waals surface area contributed by atoms with Crippen LogP contribution in [0, 0.1) is 13.8 Å². The van der Waals surface area contributed by atoms with Crippen LogP contribution in [0.3, 0.4) is 0 Å². The van der Waals surface area contributed by atoms with Crippen molar-refractivity contribution in [1.29, 1.82) is 0 Å². The second-order valence-corrected chi connectivity index (χ2v) is 9.92. The van der Waals surface area contributed by atoms with E-state index in [4.69, 9.17) is 4.74 Å². The number of benzene rings is 3. The van der Waals surface area contributed by atoms with Crippen LogP contribution in [-0.4, -0.2) is 33.4 Å². The maximum Gasteiger partial charge on any atom is 0.338 e. The third-order valence-corrected chi connectivity index (χ3v) is 7.41. The van der Waals surface area contributed by atoms with Crippen molar-refractivity contribution in [3.8, 4) is 0 Å². The largest absolute Gasteiger partial charge is 0.462 e. The summed E-state index contributed by atoms with van der Waals surface area (Å²) >= 11 is 0. The van der Waals surface area contributed by atoms with Gasteiger partial charge in [-0.15, -0.1) is 0 Å². The Morgan fingerprint density at radius 2 is 1.60 bits per heavy atom. The van der Waals surface area contributed by atoms with E-state index in [9.17, 15) is 18.0 Å². The van der Waals surface area contributed by atoms with Gasteiger partial charge in [-0.3, -0.25) is 9.10 Å². The molecule has 0 radical (unpaired) electrons. The molecule has 0 atom stereocenters. The van der Waals surface area contributed by atoms with Gasteiger partial charge in [0.05, 0.1) is 22.8 Å². The third kappa shape index (κ3) is 5.89. The lowest BCUT2D eigenvalue weighted by atomic mass is 10.1. The first-order chi connectivity index (χ1) is 16.7. The molecule has 1 N–H and O–H groups in total. The molecule has 0 fully saturated rings. The minimum Gasteiger partial charge on any atom is -0.462 e. The molecule has 1 amide bonds. The molecule has 7 nitrogen and oxygen atoms in total. The lowest BCUT2D eigenvalue weighted by Gasteiger charge is -2.26. The van der Waals surface area contributed by atoms with Crippen molar-refractivity contribution in [2.45, 2.75) is 39.0 Å². The summed E-state index contributed by atoms with van der Waals surface area (Å²) < 4.78 is 33.5. The van der Waals surface area contributed by atoms with E-state index in [1.54, 1.807) is 56.3 Å². The average Bonchev–Trinajstić information content (AvgIpc) is 2.84. The van der Waals surface area contributed by atoms with Crippen LogP contribution < -0.4 is 9.62 Å². The Labute approximate surface area is 206 Å². The van der Waals surface area contributed by atoms with Crippen molar-refractivity contribution in [2.75, 3.05) is 22.8 Å². The van der Waals surface area contributed by atoms with Gasteiger partial charge in [0, 0.05) is 5.69 Å². The van der Waals surface area contributed by atoms with E-state index in [2.05, 4.69) is 5.32 Å². The highest BCUT2D eigenvalue weighted by molar-refractivity contribution is 7.92. The van der Waals surface area contributed by atoms with Gasteiger partial charge in [-0.05, 0) is 68.7 Å². The average molecular weight is 495 g/mol. The molecule has 0 aliphatic rings. The standard InChI is InChI=1S/C27H30N2O5S/c1-5-21-10-7-8-13-25(21)29(35(32,33)22-16-14-19(3)15-17-22)18-26(30)28-24-12-9-11-23(20(24)4)27(31)34-6-2/h7-17H,5-6,18H2,1-4H3,(H,28,30). The molecule has 35 heavy (non-hydrogen) atoms. The number of hydrogen-bond acceptors (Lipinski definition) is 5.